The van der Waals surface area contributed by atoms with Crippen molar-refractivity contribution in [2.45, 2.75) is 51.1 Å². The van der Waals surface area contributed by atoms with Crippen LogP contribution in [0.3, 0.4) is 0 Å². The molecule has 1 aliphatic carbocycles. The van der Waals surface area contributed by atoms with E-state index in [0.29, 0.717) is 11.5 Å². The van der Waals surface area contributed by atoms with Gasteiger partial charge in [0.15, 0.2) is 0 Å². The van der Waals surface area contributed by atoms with Crippen molar-refractivity contribution >= 4 is 11.9 Å². The molecule has 2 aliphatic rings. The molecule has 0 aromatic carbocycles. The third-order valence-corrected chi connectivity index (χ3v) is 5.26. The van der Waals surface area contributed by atoms with Crippen molar-refractivity contribution in [1.82, 2.24) is 14.7 Å². The summed E-state index contributed by atoms with van der Waals surface area (Å²) < 4.78 is 6.63. The summed E-state index contributed by atoms with van der Waals surface area (Å²) in [7, 11) is 3.21. The van der Waals surface area contributed by atoms with Crippen LogP contribution >= 0.6 is 0 Å². The lowest BCUT2D eigenvalue weighted by Crippen LogP contribution is -2.46. The molecule has 3 atom stereocenters. The van der Waals surface area contributed by atoms with E-state index < -0.39 is 6.04 Å². The van der Waals surface area contributed by atoms with Crippen molar-refractivity contribution in [3.8, 4) is 0 Å². The van der Waals surface area contributed by atoms with Crippen molar-refractivity contribution in [3.63, 3.8) is 0 Å². The SMILES string of the molecule is COC(=O)[C@@H]1C[C@@H]2CCCC[C@@H]2N1C(=O)c1cnn(C)c1C. The maximum absolute atomic E-state index is 13.0. The van der Waals surface area contributed by atoms with E-state index in [1.807, 2.05) is 14.0 Å². The smallest absolute Gasteiger partial charge is 0.328 e. The molecule has 1 saturated carbocycles. The van der Waals surface area contributed by atoms with Crippen molar-refractivity contribution < 1.29 is 14.3 Å². The first-order valence-electron chi connectivity index (χ1n) is 7.93. The van der Waals surface area contributed by atoms with Gasteiger partial charge in [0.1, 0.15) is 6.04 Å². The fourth-order valence-corrected chi connectivity index (χ4v) is 3.95. The lowest BCUT2D eigenvalue weighted by molar-refractivity contribution is -0.145. The number of amides is 1. The van der Waals surface area contributed by atoms with Crippen molar-refractivity contribution in [3.05, 3.63) is 17.5 Å². The Kier molecular flexibility index (Phi) is 3.93. The van der Waals surface area contributed by atoms with Crippen LogP contribution in [0.4, 0.5) is 0 Å². The molecule has 2 heterocycles. The molecule has 120 valence electrons. The largest absolute Gasteiger partial charge is 0.467 e. The van der Waals surface area contributed by atoms with Gasteiger partial charge < -0.3 is 9.64 Å². The molecule has 0 spiro atoms. The third kappa shape index (κ3) is 2.30. The van der Waals surface area contributed by atoms with Crippen LogP contribution in [-0.2, 0) is 16.6 Å². The molecule has 0 unspecified atom stereocenters. The van der Waals surface area contributed by atoms with E-state index >= 15 is 0 Å². The van der Waals surface area contributed by atoms with Crippen LogP contribution in [-0.4, -0.2) is 45.8 Å². The van der Waals surface area contributed by atoms with Crippen molar-refractivity contribution in [2.75, 3.05) is 7.11 Å². The van der Waals surface area contributed by atoms with Gasteiger partial charge in [-0.2, -0.15) is 5.10 Å². The Morgan fingerprint density at radius 3 is 2.68 bits per heavy atom. The first-order chi connectivity index (χ1) is 10.5. The third-order valence-electron chi connectivity index (χ3n) is 5.26. The minimum atomic E-state index is -0.454. The second-order valence-electron chi connectivity index (χ2n) is 6.37. The molecule has 1 aromatic heterocycles. The molecule has 1 saturated heterocycles. The Balaban J connectivity index is 1.94. The second-order valence-corrected chi connectivity index (χ2v) is 6.37. The molecule has 22 heavy (non-hydrogen) atoms. The molecule has 6 nitrogen and oxygen atoms in total. The van der Waals surface area contributed by atoms with Gasteiger partial charge in [-0.1, -0.05) is 12.8 Å². The monoisotopic (exact) mass is 305 g/mol. The number of fused-ring (bicyclic) bond motifs is 1. The summed E-state index contributed by atoms with van der Waals surface area (Å²) in [5.41, 5.74) is 1.41. The zero-order valence-corrected chi connectivity index (χ0v) is 13.4. The van der Waals surface area contributed by atoms with E-state index in [9.17, 15) is 9.59 Å². The Bertz CT molecular complexity index is 595. The summed E-state index contributed by atoms with van der Waals surface area (Å²) >= 11 is 0. The van der Waals surface area contributed by atoms with E-state index in [2.05, 4.69) is 5.10 Å². The number of hydrogen-bond donors (Lipinski definition) is 0. The predicted molar refractivity (Wildman–Crippen MR) is 80.3 cm³/mol. The topological polar surface area (TPSA) is 64.4 Å². The van der Waals surface area contributed by atoms with Crippen LogP contribution in [0.15, 0.2) is 6.20 Å². The highest BCUT2D eigenvalue weighted by Crippen LogP contribution is 2.40. The maximum Gasteiger partial charge on any atom is 0.328 e. The van der Waals surface area contributed by atoms with Gasteiger partial charge in [0.05, 0.1) is 18.9 Å². The molecule has 1 aliphatic heterocycles. The first kappa shape index (κ1) is 15.1. The van der Waals surface area contributed by atoms with E-state index in [0.717, 1.165) is 31.4 Å². The number of rotatable bonds is 2. The number of aryl methyl sites for hydroxylation is 1. The number of esters is 1. The Morgan fingerprint density at radius 2 is 2.05 bits per heavy atom. The molecule has 6 heteroatoms. The molecular weight excluding hydrogens is 282 g/mol. The summed E-state index contributed by atoms with van der Waals surface area (Å²) in [5, 5.41) is 4.16. The van der Waals surface area contributed by atoms with E-state index in [1.54, 1.807) is 15.8 Å². The molecule has 0 radical (unpaired) electrons. The summed E-state index contributed by atoms with van der Waals surface area (Å²) in [4.78, 5) is 27.0. The zero-order valence-electron chi connectivity index (χ0n) is 13.4. The van der Waals surface area contributed by atoms with Crippen LogP contribution in [0.5, 0.6) is 0 Å². The lowest BCUT2D eigenvalue weighted by atomic mass is 9.84. The van der Waals surface area contributed by atoms with Gasteiger partial charge in [0.2, 0.25) is 0 Å². The molecule has 0 bridgehead atoms. The predicted octanol–water partition coefficient (Wildman–Crippen LogP) is 1.67. The van der Waals surface area contributed by atoms with Crippen LogP contribution in [0.1, 0.15) is 48.2 Å². The quantitative estimate of drug-likeness (QED) is 0.780. The van der Waals surface area contributed by atoms with Gasteiger partial charge in [0.25, 0.3) is 5.91 Å². The minimum absolute atomic E-state index is 0.0876. The Labute approximate surface area is 130 Å². The number of likely N-dealkylation sites (tertiary alicyclic amines) is 1. The molecule has 3 rings (SSSR count). The molecular formula is C16H23N3O3. The van der Waals surface area contributed by atoms with E-state index in [-0.39, 0.29) is 17.9 Å². The minimum Gasteiger partial charge on any atom is -0.467 e. The van der Waals surface area contributed by atoms with E-state index in [4.69, 9.17) is 4.74 Å². The normalized spacial score (nSPS) is 27.6. The molecule has 2 fully saturated rings. The Hall–Kier alpha value is -1.85. The average Bonchev–Trinajstić information content (AvgIpc) is 3.07. The molecule has 1 amide bonds. The standard InChI is InChI=1S/C16H23N3O3/c1-10-12(9-17-18(10)2)15(20)19-13-7-5-4-6-11(13)8-14(19)16(21)22-3/h9,11,13-14H,4-8H2,1-3H3/t11-,13-,14-/m0/s1. The maximum atomic E-state index is 13.0. The highest BCUT2D eigenvalue weighted by molar-refractivity contribution is 5.98. The van der Waals surface area contributed by atoms with Crippen LogP contribution in [0.25, 0.3) is 0 Å². The number of hydrogen-bond acceptors (Lipinski definition) is 4. The van der Waals surface area contributed by atoms with Gasteiger partial charge in [-0.25, -0.2) is 4.79 Å². The van der Waals surface area contributed by atoms with Crippen LogP contribution in [0.2, 0.25) is 0 Å². The van der Waals surface area contributed by atoms with Crippen molar-refractivity contribution in [1.29, 1.82) is 0 Å². The zero-order chi connectivity index (χ0) is 15.9. The summed E-state index contributed by atoms with van der Waals surface area (Å²) in [6, 6.07) is -0.296. The number of ether oxygens (including phenoxy) is 1. The van der Waals surface area contributed by atoms with Gasteiger partial charge in [-0.05, 0) is 32.1 Å². The summed E-state index contributed by atoms with van der Waals surface area (Å²) in [5.74, 6) is 0.0264. The average molecular weight is 305 g/mol. The van der Waals surface area contributed by atoms with Gasteiger partial charge in [-0.15, -0.1) is 0 Å². The fraction of sp³-hybridized carbons (Fsp3) is 0.688. The highest BCUT2D eigenvalue weighted by Gasteiger charge is 2.48. The summed E-state index contributed by atoms with van der Waals surface area (Å²) in [6.07, 6.45) is 6.69. The van der Waals surface area contributed by atoms with Gasteiger partial charge >= 0.3 is 5.97 Å². The Morgan fingerprint density at radius 1 is 1.32 bits per heavy atom. The number of carbonyl (C=O) groups is 2. The van der Waals surface area contributed by atoms with Crippen molar-refractivity contribution in [2.24, 2.45) is 13.0 Å². The number of carbonyl (C=O) groups excluding carboxylic acids is 2. The molecule has 0 N–H and O–H groups in total. The number of aromatic nitrogens is 2. The van der Waals surface area contributed by atoms with Crippen LogP contribution in [0, 0.1) is 12.8 Å². The van der Waals surface area contributed by atoms with Gasteiger partial charge in [-0.3, -0.25) is 9.48 Å². The number of methoxy groups -OCH3 is 1. The summed E-state index contributed by atoms with van der Waals surface area (Å²) in [6.45, 7) is 1.88. The molecule has 1 aromatic rings. The fourth-order valence-electron chi connectivity index (χ4n) is 3.95. The highest BCUT2D eigenvalue weighted by atomic mass is 16.5. The van der Waals surface area contributed by atoms with Crippen LogP contribution < -0.4 is 0 Å². The lowest BCUT2D eigenvalue weighted by Gasteiger charge is -2.33. The second kappa shape index (κ2) is 5.74. The number of nitrogens with zero attached hydrogens (tertiary/aromatic N) is 3. The van der Waals surface area contributed by atoms with Gasteiger partial charge in [0, 0.05) is 18.8 Å². The van der Waals surface area contributed by atoms with E-state index in [1.165, 1.54) is 13.5 Å². The first-order valence-corrected chi connectivity index (χ1v) is 7.93.